The lowest BCUT2D eigenvalue weighted by molar-refractivity contribution is -0.385. The SMILES string of the molecule is O=[N+]([O-])c1cc(S(=O)(=O)CCl)ccc1Oc1ccccc1. The molecule has 0 N–H and O–H groups in total. The van der Waals surface area contributed by atoms with Gasteiger partial charge in [0, 0.05) is 6.07 Å². The molecule has 0 radical (unpaired) electrons. The summed E-state index contributed by atoms with van der Waals surface area (Å²) >= 11 is 5.34. The number of benzene rings is 2. The number of sulfone groups is 1. The van der Waals surface area contributed by atoms with E-state index >= 15 is 0 Å². The van der Waals surface area contributed by atoms with Gasteiger partial charge < -0.3 is 4.74 Å². The number of ether oxygens (including phenoxy) is 1. The van der Waals surface area contributed by atoms with Gasteiger partial charge in [-0.15, -0.1) is 11.6 Å². The molecule has 0 saturated carbocycles. The van der Waals surface area contributed by atoms with Gasteiger partial charge in [-0.3, -0.25) is 10.1 Å². The van der Waals surface area contributed by atoms with Crippen LogP contribution in [0.25, 0.3) is 0 Å². The van der Waals surface area contributed by atoms with E-state index in [0.717, 1.165) is 6.07 Å². The Balaban J connectivity index is 2.46. The predicted molar refractivity (Wildman–Crippen MR) is 77.5 cm³/mol. The molecule has 0 amide bonds. The van der Waals surface area contributed by atoms with Crippen LogP contribution >= 0.6 is 11.6 Å². The van der Waals surface area contributed by atoms with E-state index in [-0.39, 0.29) is 10.6 Å². The summed E-state index contributed by atoms with van der Waals surface area (Å²) < 4.78 is 28.7. The van der Waals surface area contributed by atoms with E-state index in [0.29, 0.717) is 5.75 Å². The summed E-state index contributed by atoms with van der Waals surface area (Å²) in [6.07, 6.45) is 0. The summed E-state index contributed by atoms with van der Waals surface area (Å²) in [4.78, 5) is 10.2. The number of hydrogen-bond donors (Lipinski definition) is 0. The number of rotatable bonds is 5. The van der Waals surface area contributed by atoms with Gasteiger partial charge in [0.05, 0.1) is 9.82 Å². The Bertz CT molecular complexity index is 761. The maximum absolute atomic E-state index is 11.7. The first kappa shape index (κ1) is 15.3. The first-order valence-corrected chi connectivity index (χ1v) is 7.93. The highest BCUT2D eigenvalue weighted by atomic mass is 35.5. The molecule has 0 heterocycles. The fourth-order valence-electron chi connectivity index (χ4n) is 1.60. The van der Waals surface area contributed by atoms with E-state index in [1.54, 1.807) is 30.3 Å². The molecule has 0 spiro atoms. The Labute approximate surface area is 126 Å². The Kier molecular flexibility index (Phi) is 4.44. The van der Waals surface area contributed by atoms with Crippen LogP contribution in [0.15, 0.2) is 53.4 Å². The normalized spacial score (nSPS) is 11.1. The van der Waals surface area contributed by atoms with Crippen molar-refractivity contribution in [3.63, 3.8) is 0 Å². The second-order valence-corrected chi connectivity index (χ2v) is 6.60. The molecule has 0 bridgehead atoms. The number of halogens is 1. The zero-order chi connectivity index (χ0) is 15.5. The highest BCUT2D eigenvalue weighted by Crippen LogP contribution is 2.33. The first-order valence-electron chi connectivity index (χ1n) is 5.74. The topological polar surface area (TPSA) is 86.5 Å². The zero-order valence-corrected chi connectivity index (χ0v) is 12.2. The molecular formula is C13H10ClNO5S. The van der Waals surface area contributed by atoms with Gasteiger partial charge in [0.15, 0.2) is 9.84 Å². The second-order valence-electron chi connectivity index (χ2n) is 4.03. The van der Waals surface area contributed by atoms with Gasteiger partial charge >= 0.3 is 5.69 Å². The van der Waals surface area contributed by atoms with Crippen molar-refractivity contribution in [2.75, 3.05) is 5.21 Å². The van der Waals surface area contributed by atoms with Gasteiger partial charge in [-0.2, -0.15) is 0 Å². The fraction of sp³-hybridized carbons (Fsp3) is 0.0769. The van der Waals surface area contributed by atoms with Crippen molar-refractivity contribution in [3.8, 4) is 11.5 Å². The number of nitro groups is 1. The summed E-state index contributed by atoms with van der Waals surface area (Å²) in [5, 5.41) is 10.4. The largest absolute Gasteiger partial charge is 0.450 e. The standard InChI is InChI=1S/C13H10ClNO5S/c14-9-21(18,19)11-6-7-13(12(8-11)15(16)17)20-10-4-2-1-3-5-10/h1-8H,9H2. The number of para-hydroxylation sites is 1. The summed E-state index contributed by atoms with van der Waals surface area (Å²) in [5.41, 5.74) is -0.440. The summed E-state index contributed by atoms with van der Waals surface area (Å²) in [6, 6.07) is 11.9. The summed E-state index contributed by atoms with van der Waals surface area (Å²) in [6.45, 7) is 0. The lowest BCUT2D eigenvalue weighted by atomic mass is 10.3. The third kappa shape index (κ3) is 3.50. The van der Waals surface area contributed by atoms with Gasteiger partial charge in [0.2, 0.25) is 5.75 Å². The minimum atomic E-state index is -3.74. The molecule has 0 aliphatic carbocycles. The lowest BCUT2D eigenvalue weighted by Crippen LogP contribution is -2.03. The van der Waals surface area contributed by atoms with Crippen molar-refractivity contribution in [2.45, 2.75) is 4.90 Å². The maximum Gasteiger partial charge on any atom is 0.312 e. The molecule has 0 aromatic heterocycles. The molecule has 2 rings (SSSR count). The van der Waals surface area contributed by atoms with Crippen molar-refractivity contribution in [2.24, 2.45) is 0 Å². The monoisotopic (exact) mass is 327 g/mol. The minimum absolute atomic E-state index is 0.0419. The van der Waals surface area contributed by atoms with E-state index in [9.17, 15) is 18.5 Å². The zero-order valence-electron chi connectivity index (χ0n) is 10.6. The number of nitrogens with zero attached hydrogens (tertiary/aromatic N) is 1. The van der Waals surface area contributed by atoms with Gasteiger partial charge in [-0.25, -0.2) is 8.42 Å². The molecule has 0 fully saturated rings. The molecule has 6 nitrogen and oxygen atoms in total. The van der Waals surface area contributed by atoms with E-state index in [1.807, 2.05) is 0 Å². The molecular weight excluding hydrogens is 318 g/mol. The van der Waals surface area contributed by atoms with E-state index in [4.69, 9.17) is 16.3 Å². The van der Waals surface area contributed by atoms with Crippen molar-refractivity contribution in [1.29, 1.82) is 0 Å². The van der Waals surface area contributed by atoms with Crippen LogP contribution in [0.4, 0.5) is 5.69 Å². The van der Waals surface area contributed by atoms with Crippen LogP contribution in [0.2, 0.25) is 0 Å². The highest BCUT2D eigenvalue weighted by molar-refractivity contribution is 7.92. The Hall–Kier alpha value is -2.12. The molecule has 110 valence electrons. The molecule has 2 aromatic carbocycles. The van der Waals surface area contributed by atoms with Crippen LogP contribution in [0.5, 0.6) is 11.5 Å². The predicted octanol–water partition coefficient (Wildman–Crippen LogP) is 3.36. The molecule has 0 atom stereocenters. The Morgan fingerprint density at radius 3 is 2.38 bits per heavy atom. The van der Waals surface area contributed by atoms with Crippen LogP contribution in [0, 0.1) is 10.1 Å². The van der Waals surface area contributed by atoms with Gasteiger partial charge in [0.1, 0.15) is 11.0 Å². The number of hydrogen-bond acceptors (Lipinski definition) is 5. The van der Waals surface area contributed by atoms with Crippen molar-refractivity contribution in [3.05, 3.63) is 58.6 Å². The Morgan fingerprint density at radius 2 is 1.81 bits per heavy atom. The second kappa shape index (κ2) is 6.11. The average Bonchev–Trinajstić information content (AvgIpc) is 2.48. The average molecular weight is 328 g/mol. The van der Waals surface area contributed by atoms with Crippen LogP contribution in [-0.4, -0.2) is 18.6 Å². The number of alkyl halides is 1. The van der Waals surface area contributed by atoms with Crippen LogP contribution in [0.1, 0.15) is 0 Å². The fourth-order valence-corrected chi connectivity index (χ4v) is 2.67. The molecule has 21 heavy (non-hydrogen) atoms. The van der Waals surface area contributed by atoms with Crippen LogP contribution in [-0.2, 0) is 9.84 Å². The quantitative estimate of drug-likeness (QED) is 0.477. The van der Waals surface area contributed by atoms with Crippen LogP contribution in [0.3, 0.4) is 0 Å². The molecule has 0 aliphatic heterocycles. The maximum atomic E-state index is 11.7. The van der Waals surface area contributed by atoms with Gasteiger partial charge in [-0.05, 0) is 24.3 Å². The van der Waals surface area contributed by atoms with E-state index < -0.39 is 25.7 Å². The molecule has 8 heteroatoms. The number of nitro benzene ring substituents is 1. The Morgan fingerprint density at radius 1 is 1.14 bits per heavy atom. The van der Waals surface area contributed by atoms with E-state index in [2.05, 4.69) is 0 Å². The molecule has 0 unspecified atom stereocenters. The van der Waals surface area contributed by atoms with Crippen molar-refractivity contribution < 1.29 is 18.1 Å². The minimum Gasteiger partial charge on any atom is -0.450 e. The van der Waals surface area contributed by atoms with Crippen molar-refractivity contribution in [1.82, 2.24) is 0 Å². The van der Waals surface area contributed by atoms with Crippen LogP contribution < -0.4 is 4.74 Å². The third-order valence-electron chi connectivity index (χ3n) is 2.60. The molecule has 0 aliphatic rings. The van der Waals surface area contributed by atoms with E-state index in [1.165, 1.54) is 12.1 Å². The van der Waals surface area contributed by atoms with Gasteiger partial charge in [-0.1, -0.05) is 18.2 Å². The highest BCUT2D eigenvalue weighted by Gasteiger charge is 2.22. The van der Waals surface area contributed by atoms with Gasteiger partial charge in [0.25, 0.3) is 0 Å². The molecule has 0 saturated heterocycles. The van der Waals surface area contributed by atoms with Crippen molar-refractivity contribution >= 4 is 27.1 Å². The summed E-state index contributed by atoms with van der Waals surface area (Å²) in [5.74, 6) is 0.369. The molecule has 2 aromatic rings. The smallest absolute Gasteiger partial charge is 0.312 e. The summed E-state index contributed by atoms with van der Waals surface area (Å²) in [7, 11) is -3.74. The third-order valence-corrected chi connectivity index (χ3v) is 4.72. The lowest BCUT2D eigenvalue weighted by Gasteiger charge is -2.07. The first-order chi connectivity index (χ1) is 9.94.